The number of nitrogens with zero attached hydrogens (tertiary/aromatic N) is 1. The normalized spacial score (nSPS) is 16.6. The number of nitrogens with one attached hydrogen (secondary N) is 1. The van der Waals surface area contributed by atoms with Crippen molar-refractivity contribution >= 4 is 11.6 Å². The van der Waals surface area contributed by atoms with Crippen LogP contribution >= 0.6 is 11.6 Å². The Balaban J connectivity index is 2.09. The van der Waals surface area contributed by atoms with Crippen LogP contribution in [0.4, 0.5) is 0 Å². The standard InChI is InChI=1S/C19H23ClN2O2/c1-23-17-13-18(24-2)16(20)12-15(17)19(14-6-4-3-5-7-14)22-10-8-21-9-11-22/h3-7,12-13,19,21H,8-11H2,1-2H3. The van der Waals surface area contributed by atoms with Crippen LogP contribution in [0.1, 0.15) is 17.2 Å². The van der Waals surface area contributed by atoms with E-state index < -0.39 is 0 Å². The summed E-state index contributed by atoms with van der Waals surface area (Å²) >= 11 is 6.42. The number of ether oxygens (including phenoxy) is 2. The highest BCUT2D eigenvalue weighted by Crippen LogP contribution is 2.40. The zero-order valence-corrected chi connectivity index (χ0v) is 14.8. The minimum atomic E-state index is 0.103. The fraction of sp³-hybridized carbons (Fsp3) is 0.368. The lowest BCUT2D eigenvalue weighted by Gasteiger charge is -2.36. The quantitative estimate of drug-likeness (QED) is 0.900. The predicted octanol–water partition coefficient (Wildman–Crippen LogP) is 3.35. The Labute approximate surface area is 148 Å². The second-order valence-corrected chi connectivity index (χ2v) is 6.24. The van der Waals surface area contributed by atoms with Gasteiger partial charge in [-0.3, -0.25) is 4.90 Å². The molecule has 1 heterocycles. The average Bonchev–Trinajstić information content (AvgIpc) is 2.64. The summed E-state index contributed by atoms with van der Waals surface area (Å²) in [4.78, 5) is 2.46. The second kappa shape index (κ2) is 7.88. The Morgan fingerprint density at radius 3 is 2.29 bits per heavy atom. The van der Waals surface area contributed by atoms with Crippen molar-refractivity contribution in [2.24, 2.45) is 0 Å². The molecule has 1 atom stereocenters. The molecule has 1 aliphatic rings. The highest BCUT2D eigenvalue weighted by molar-refractivity contribution is 6.32. The van der Waals surface area contributed by atoms with Crippen LogP contribution in [0.5, 0.6) is 11.5 Å². The summed E-state index contributed by atoms with van der Waals surface area (Å²) in [5.41, 5.74) is 2.30. The van der Waals surface area contributed by atoms with Crippen LogP contribution in [-0.2, 0) is 0 Å². The van der Waals surface area contributed by atoms with Crippen LogP contribution in [-0.4, -0.2) is 45.3 Å². The molecule has 0 aromatic heterocycles. The average molecular weight is 347 g/mol. The monoisotopic (exact) mass is 346 g/mol. The molecule has 4 nitrogen and oxygen atoms in total. The Bertz CT molecular complexity index is 673. The highest BCUT2D eigenvalue weighted by atomic mass is 35.5. The molecule has 0 bridgehead atoms. The third kappa shape index (κ3) is 3.51. The van der Waals surface area contributed by atoms with Crippen molar-refractivity contribution in [3.05, 3.63) is 58.6 Å². The van der Waals surface area contributed by atoms with Gasteiger partial charge in [0.2, 0.25) is 0 Å². The third-order valence-corrected chi connectivity index (χ3v) is 4.73. The van der Waals surface area contributed by atoms with E-state index in [1.54, 1.807) is 14.2 Å². The van der Waals surface area contributed by atoms with Gasteiger partial charge in [-0.1, -0.05) is 41.9 Å². The summed E-state index contributed by atoms with van der Waals surface area (Å²) in [6.45, 7) is 3.92. The molecule has 0 aliphatic carbocycles. The van der Waals surface area contributed by atoms with Crippen LogP contribution < -0.4 is 14.8 Å². The van der Waals surface area contributed by atoms with E-state index in [-0.39, 0.29) is 6.04 Å². The van der Waals surface area contributed by atoms with Crippen molar-refractivity contribution in [1.29, 1.82) is 0 Å². The molecule has 2 aromatic rings. The minimum absolute atomic E-state index is 0.103. The van der Waals surface area contributed by atoms with Gasteiger partial charge in [-0.2, -0.15) is 0 Å². The van der Waals surface area contributed by atoms with Crippen molar-refractivity contribution in [3.63, 3.8) is 0 Å². The van der Waals surface area contributed by atoms with Crippen molar-refractivity contribution in [3.8, 4) is 11.5 Å². The number of benzene rings is 2. The first-order chi connectivity index (χ1) is 11.7. The molecular formula is C19H23ClN2O2. The van der Waals surface area contributed by atoms with Crippen molar-refractivity contribution in [1.82, 2.24) is 10.2 Å². The molecule has 1 aliphatic heterocycles. The first kappa shape index (κ1) is 17.1. The molecular weight excluding hydrogens is 324 g/mol. The molecule has 24 heavy (non-hydrogen) atoms. The molecule has 0 amide bonds. The lowest BCUT2D eigenvalue weighted by molar-refractivity contribution is 0.195. The molecule has 0 saturated carbocycles. The van der Waals surface area contributed by atoms with Gasteiger partial charge in [-0.25, -0.2) is 0 Å². The predicted molar refractivity (Wildman–Crippen MR) is 97.3 cm³/mol. The van der Waals surface area contributed by atoms with Crippen LogP contribution in [0, 0.1) is 0 Å². The van der Waals surface area contributed by atoms with Gasteiger partial charge in [0.15, 0.2) is 0 Å². The molecule has 1 N–H and O–H groups in total. The molecule has 0 spiro atoms. The fourth-order valence-corrected chi connectivity index (χ4v) is 3.51. The molecule has 128 valence electrons. The number of halogens is 1. The Kier molecular flexibility index (Phi) is 5.61. The molecule has 2 aromatic carbocycles. The van der Waals surface area contributed by atoms with Gasteiger partial charge >= 0.3 is 0 Å². The zero-order chi connectivity index (χ0) is 16.9. The first-order valence-electron chi connectivity index (χ1n) is 8.15. The highest BCUT2D eigenvalue weighted by Gasteiger charge is 2.27. The van der Waals surface area contributed by atoms with Crippen LogP contribution in [0.2, 0.25) is 5.02 Å². The van der Waals surface area contributed by atoms with Crippen LogP contribution in [0.25, 0.3) is 0 Å². The van der Waals surface area contributed by atoms with Crippen LogP contribution in [0.15, 0.2) is 42.5 Å². The van der Waals surface area contributed by atoms with E-state index in [2.05, 4.69) is 34.5 Å². The Hall–Kier alpha value is -1.75. The van der Waals surface area contributed by atoms with E-state index in [1.165, 1.54) is 5.56 Å². The van der Waals surface area contributed by atoms with Gasteiger partial charge in [0, 0.05) is 37.8 Å². The molecule has 0 radical (unpaired) electrons. The molecule has 1 unspecified atom stereocenters. The van der Waals surface area contributed by atoms with Crippen LogP contribution in [0.3, 0.4) is 0 Å². The van der Waals surface area contributed by atoms with E-state index in [0.29, 0.717) is 10.8 Å². The van der Waals surface area contributed by atoms with Gasteiger partial charge in [0.1, 0.15) is 11.5 Å². The second-order valence-electron chi connectivity index (χ2n) is 5.83. The maximum absolute atomic E-state index is 6.42. The number of piperazine rings is 1. The smallest absolute Gasteiger partial charge is 0.141 e. The summed E-state index contributed by atoms with van der Waals surface area (Å²) in [6.07, 6.45) is 0. The molecule has 1 saturated heterocycles. The number of rotatable bonds is 5. The van der Waals surface area contributed by atoms with Crippen molar-refractivity contribution < 1.29 is 9.47 Å². The van der Waals surface area contributed by atoms with Gasteiger partial charge in [-0.15, -0.1) is 0 Å². The summed E-state index contributed by atoms with van der Waals surface area (Å²) in [6, 6.07) is 14.4. The van der Waals surface area contributed by atoms with E-state index in [1.807, 2.05) is 18.2 Å². The van der Waals surface area contributed by atoms with E-state index in [4.69, 9.17) is 21.1 Å². The van der Waals surface area contributed by atoms with Gasteiger partial charge in [-0.05, 0) is 11.6 Å². The summed E-state index contributed by atoms with van der Waals surface area (Å²) < 4.78 is 11.0. The molecule has 3 rings (SSSR count). The zero-order valence-electron chi connectivity index (χ0n) is 14.1. The largest absolute Gasteiger partial charge is 0.496 e. The summed E-state index contributed by atoms with van der Waals surface area (Å²) in [5.74, 6) is 1.42. The minimum Gasteiger partial charge on any atom is -0.496 e. The molecule has 1 fully saturated rings. The van der Waals surface area contributed by atoms with Crippen molar-refractivity contribution in [2.45, 2.75) is 6.04 Å². The maximum Gasteiger partial charge on any atom is 0.141 e. The maximum atomic E-state index is 6.42. The van der Waals surface area contributed by atoms with E-state index >= 15 is 0 Å². The van der Waals surface area contributed by atoms with E-state index in [9.17, 15) is 0 Å². The fourth-order valence-electron chi connectivity index (χ4n) is 3.26. The number of methoxy groups -OCH3 is 2. The number of hydrogen-bond acceptors (Lipinski definition) is 4. The lowest BCUT2D eigenvalue weighted by atomic mass is 9.95. The first-order valence-corrected chi connectivity index (χ1v) is 8.53. The molecule has 5 heteroatoms. The van der Waals surface area contributed by atoms with Gasteiger partial charge in [0.25, 0.3) is 0 Å². The Morgan fingerprint density at radius 2 is 1.67 bits per heavy atom. The van der Waals surface area contributed by atoms with Gasteiger partial charge < -0.3 is 14.8 Å². The topological polar surface area (TPSA) is 33.7 Å². The van der Waals surface area contributed by atoms with Crippen molar-refractivity contribution in [2.75, 3.05) is 40.4 Å². The summed E-state index contributed by atoms with van der Waals surface area (Å²) in [7, 11) is 3.30. The SMILES string of the molecule is COc1cc(OC)c(C(c2ccccc2)N2CCNCC2)cc1Cl. The van der Waals surface area contributed by atoms with E-state index in [0.717, 1.165) is 37.5 Å². The van der Waals surface area contributed by atoms with Gasteiger partial charge in [0.05, 0.1) is 25.3 Å². The number of hydrogen-bond donors (Lipinski definition) is 1. The third-order valence-electron chi connectivity index (χ3n) is 4.43. The summed E-state index contributed by atoms with van der Waals surface area (Å²) in [5, 5.41) is 4.01. The lowest BCUT2D eigenvalue weighted by Crippen LogP contribution is -2.45. The Morgan fingerprint density at radius 1 is 1.00 bits per heavy atom.